The first kappa shape index (κ1) is 19.8. The molecular weight excluding hydrogens is 269 g/mol. The fourth-order valence-corrected chi connectivity index (χ4v) is 0.645. The molecule has 0 fully saturated rings. The van der Waals surface area contributed by atoms with Crippen molar-refractivity contribution in [2.45, 2.75) is 6.42 Å². The first-order valence-corrected chi connectivity index (χ1v) is 3.33. The number of rotatable bonds is 1. The van der Waals surface area contributed by atoms with E-state index in [0.29, 0.717) is 0 Å². The third-order valence-electron chi connectivity index (χ3n) is 1.13. The zero-order valence-electron chi connectivity index (χ0n) is 7.55. The van der Waals surface area contributed by atoms with Gasteiger partial charge in [0.05, 0.1) is 0 Å². The van der Waals surface area contributed by atoms with Gasteiger partial charge in [0.15, 0.2) is 6.68 Å². The summed E-state index contributed by atoms with van der Waals surface area (Å²) in [5, 5.41) is 0. The van der Waals surface area contributed by atoms with Gasteiger partial charge in [0.1, 0.15) is 0 Å². The summed E-state index contributed by atoms with van der Waals surface area (Å²) in [4.78, 5) is 0. The van der Waals surface area contributed by atoms with Gasteiger partial charge in [0.25, 0.3) is 0 Å². The van der Waals surface area contributed by atoms with Crippen LogP contribution in [0.3, 0.4) is 0 Å². The molecule has 1 rings (SSSR count). The molecule has 0 aromatic heterocycles. The minimum absolute atomic E-state index is 0. The molecule has 0 amide bonds. The average molecular weight is 279 g/mol. The normalized spacial score (nSPS) is 7.79. The van der Waals surface area contributed by atoms with E-state index in [1.807, 2.05) is 18.2 Å². The Morgan fingerprint density at radius 2 is 1.43 bits per heavy atom. The second-order valence-electron chi connectivity index (χ2n) is 1.95. The van der Waals surface area contributed by atoms with E-state index in [1.54, 1.807) is 0 Å². The van der Waals surface area contributed by atoms with E-state index in [4.69, 9.17) is 0 Å². The van der Waals surface area contributed by atoms with Crippen LogP contribution in [0, 0.1) is 13.6 Å². The fraction of sp³-hybridized carbons (Fsp3) is 0.111. The van der Waals surface area contributed by atoms with Crippen LogP contribution in [0.15, 0.2) is 30.3 Å². The Kier molecular flexibility index (Phi) is 18.7. The Morgan fingerprint density at radius 3 is 1.64 bits per heavy atom. The van der Waals surface area contributed by atoms with E-state index < -0.39 is 6.68 Å². The van der Waals surface area contributed by atoms with Crippen LogP contribution < -0.4 is 0 Å². The predicted octanol–water partition coefficient (Wildman–Crippen LogP) is 3.60. The van der Waals surface area contributed by atoms with E-state index in [9.17, 15) is 13.2 Å². The Labute approximate surface area is 109 Å². The van der Waals surface area contributed by atoms with Gasteiger partial charge in [-0.3, -0.25) is 0 Å². The summed E-state index contributed by atoms with van der Waals surface area (Å²) in [5.74, 6) is 0. The van der Waals surface area contributed by atoms with Crippen LogP contribution in [0.4, 0.5) is 13.2 Å². The first-order valence-electron chi connectivity index (χ1n) is 3.33. The maximum atomic E-state index is 9.58. The van der Waals surface area contributed by atoms with Gasteiger partial charge in [-0.2, -0.15) is 6.42 Å². The van der Waals surface area contributed by atoms with Gasteiger partial charge in [-0.15, -0.1) is 17.0 Å². The monoisotopic (exact) mass is 278 g/mol. The smallest absolute Gasteiger partial charge is 0.385 e. The van der Waals surface area contributed by atoms with Crippen LogP contribution in [-0.4, -0.2) is 23.1 Å². The van der Waals surface area contributed by atoms with Crippen LogP contribution in [0.2, 0.25) is 0 Å². The van der Waals surface area contributed by atoms with E-state index in [2.05, 4.69) is 19.1 Å². The molecule has 5 heteroatoms. The molecule has 76 valence electrons. The van der Waals surface area contributed by atoms with Gasteiger partial charge in [-0.25, -0.2) is 0 Å². The maximum absolute atomic E-state index is 9.58. The molecule has 0 spiro atoms. The third-order valence-corrected chi connectivity index (χ3v) is 1.13. The molecule has 0 aliphatic heterocycles. The molecule has 0 unspecified atom stereocenters. The van der Waals surface area contributed by atoms with Crippen molar-refractivity contribution in [3.8, 4) is 0 Å². The zero-order chi connectivity index (χ0) is 9.40. The topological polar surface area (TPSA) is 0 Å². The van der Waals surface area contributed by atoms with Crippen molar-refractivity contribution in [2.24, 2.45) is 0 Å². The molecular formula is C9H10BrF3Mg. The Hall–Kier alpha value is 0.256. The van der Waals surface area contributed by atoms with Crippen molar-refractivity contribution in [3.05, 3.63) is 49.5 Å². The van der Waals surface area contributed by atoms with Crippen LogP contribution in [0.25, 0.3) is 0 Å². The van der Waals surface area contributed by atoms with Crippen LogP contribution >= 0.6 is 17.0 Å². The predicted molar refractivity (Wildman–Crippen MR) is 58.1 cm³/mol. The summed E-state index contributed by atoms with van der Waals surface area (Å²) in [5.41, 5.74) is 1.30. The molecule has 0 aliphatic carbocycles. The molecule has 14 heavy (non-hydrogen) atoms. The van der Waals surface area contributed by atoms with Crippen LogP contribution in [0.5, 0.6) is 0 Å². The summed E-state index contributed by atoms with van der Waals surface area (Å²) in [6.45, 7) is 0.673. The molecule has 0 saturated carbocycles. The average Bonchev–Trinajstić information content (AvgIpc) is 2.05. The molecule has 0 atom stereocenters. The standard InChI is InChI=1S/C8H9.CF3.BrH.Mg/c1-2-8-6-4-3-5-7-8;2-1(3)4;;/h3-7H,1-2H2;;1H;/q2*-1;;+2. The van der Waals surface area contributed by atoms with Crippen LogP contribution in [-0.2, 0) is 6.42 Å². The molecule has 1 aromatic carbocycles. The summed E-state index contributed by atoms with van der Waals surface area (Å²) in [6, 6.07) is 10.2. The Bertz CT molecular complexity index is 192. The zero-order valence-corrected chi connectivity index (χ0v) is 10.7. The van der Waals surface area contributed by atoms with E-state index >= 15 is 0 Å². The third kappa shape index (κ3) is 14.8. The van der Waals surface area contributed by atoms with Gasteiger partial charge in [0.2, 0.25) is 0 Å². The van der Waals surface area contributed by atoms with Gasteiger partial charge in [-0.05, 0) is 0 Å². The van der Waals surface area contributed by atoms with Crippen molar-refractivity contribution < 1.29 is 13.2 Å². The van der Waals surface area contributed by atoms with Crippen LogP contribution in [0.1, 0.15) is 5.56 Å². The molecule has 1 aromatic rings. The van der Waals surface area contributed by atoms with Gasteiger partial charge >= 0.3 is 23.1 Å². The first-order chi connectivity index (χ1) is 5.66. The summed E-state index contributed by atoms with van der Waals surface area (Å²) in [7, 11) is 0. The molecule has 0 heterocycles. The number of hydrogen-bond acceptors (Lipinski definition) is 0. The number of halogens is 4. The molecule has 0 radical (unpaired) electrons. The molecule has 0 bridgehead atoms. The van der Waals surface area contributed by atoms with Gasteiger partial charge < -0.3 is 20.1 Å². The number of benzene rings is 1. The second-order valence-corrected chi connectivity index (χ2v) is 1.95. The minimum Gasteiger partial charge on any atom is -0.385 e. The summed E-state index contributed by atoms with van der Waals surface area (Å²) in [6.07, 6.45) is 0.890. The fourth-order valence-electron chi connectivity index (χ4n) is 0.645. The Morgan fingerprint density at radius 1 is 1.07 bits per heavy atom. The summed E-state index contributed by atoms with van der Waals surface area (Å²) < 4.78 is 28.8. The maximum Gasteiger partial charge on any atom is 2.00 e. The second kappa shape index (κ2) is 13.3. The van der Waals surface area contributed by atoms with Crippen molar-refractivity contribution in [2.75, 3.05) is 0 Å². The number of hydrogen-bond donors (Lipinski definition) is 0. The molecule has 0 nitrogen and oxygen atoms in total. The van der Waals surface area contributed by atoms with Crippen molar-refractivity contribution in [1.82, 2.24) is 0 Å². The molecule has 0 saturated heterocycles. The summed E-state index contributed by atoms with van der Waals surface area (Å²) >= 11 is 0. The largest absolute Gasteiger partial charge is 2.00 e. The van der Waals surface area contributed by atoms with Gasteiger partial charge in [0, 0.05) is 0 Å². The van der Waals surface area contributed by atoms with Crippen molar-refractivity contribution in [1.29, 1.82) is 0 Å². The van der Waals surface area contributed by atoms with E-state index in [-0.39, 0.29) is 40.0 Å². The van der Waals surface area contributed by atoms with E-state index in [1.165, 1.54) is 5.56 Å². The molecule has 0 N–H and O–H groups in total. The SMILES string of the molecule is Br.F[C-](F)F.[CH2-]Cc1ccccc1.[Mg+2]. The Balaban J connectivity index is -0.000000180. The molecule has 0 aliphatic rings. The quantitative estimate of drug-likeness (QED) is 0.544. The van der Waals surface area contributed by atoms with Gasteiger partial charge in [-0.1, -0.05) is 35.9 Å². The minimum atomic E-state index is -3.08. The van der Waals surface area contributed by atoms with E-state index in [0.717, 1.165) is 6.42 Å². The van der Waals surface area contributed by atoms with Crippen molar-refractivity contribution >= 4 is 40.0 Å². The van der Waals surface area contributed by atoms with Crippen molar-refractivity contribution in [3.63, 3.8) is 0 Å².